The van der Waals surface area contributed by atoms with E-state index in [1.807, 2.05) is 6.07 Å². The summed E-state index contributed by atoms with van der Waals surface area (Å²) in [4.78, 5) is 1.21. The summed E-state index contributed by atoms with van der Waals surface area (Å²) in [6.45, 7) is 2.11. The summed E-state index contributed by atoms with van der Waals surface area (Å²) in [5.74, 6) is 0. The fourth-order valence-corrected chi connectivity index (χ4v) is 2.71. The first-order valence-electron chi connectivity index (χ1n) is 5.92. The molecule has 0 unspecified atom stereocenters. The number of rotatable bonds is 2. The van der Waals surface area contributed by atoms with Gasteiger partial charge in [-0.15, -0.1) is 0 Å². The Balaban J connectivity index is 2.00. The minimum absolute atomic E-state index is 1.06. The molecule has 0 aliphatic carbocycles. The zero-order valence-electron chi connectivity index (χ0n) is 10.1. The number of hydrogen-bond acceptors (Lipinski definition) is 2. The first-order valence-corrected chi connectivity index (χ1v) is 6.69. The molecule has 3 aromatic rings. The van der Waals surface area contributed by atoms with Crippen LogP contribution < -0.4 is 0 Å². The molecule has 0 aliphatic heterocycles. The van der Waals surface area contributed by atoms with Crippen molar-refractivity contribution in [3.63, 3.8) is 0 Å². The van der Waals surface area contributed by atoms with Crippen LogP contribution in [-0.4, -0.2) is 4.37 Å². The topological polar surface area (TPSA) is 12.9 Å². The van der Waals surface area contributed by atoms with Crippen LogP contribution in [0.3, 0.4) is 0 Å². The van der Waals surface area contributed by atoms with Gasteiger partial charge in [-0.1, -0.05) is 54.1 Å². The first kappa shape index (κ1) is 11.2. The molecule has 0 N–H and O–H groups in total. The highest BCUT2D eigenvalue weighted by atomic mass is 32.1. The Labute approximate surface area is 111 Å². The van der Waals surface area contributed by atoms with Crippen LogP contribution in [0.15, 0.2) is 60.7 Å². The Bertz CT molecular complexity index is 656. The van der Waals surface area contributed by atoms with E-state index in [4.69, 9.17) is 0 Å². The lowest BCUT2D eigenvalue weighted by atomic mass is 10.1. The molecule has 0 fully saturated rings. The minimum atomic E-state index is 1.06. The average molecular weight is 251 g/mol. The van der Waals surface area contributed by atoms with Gasteiger partial charge in [0.15, 0.2) is 0 Å². The van der Waals surface area contributed by atoms with Crippen molar-refractivity contribution in [2.75, 3.05) is 0 Å². The Hall–Kier alpha value is -1.93. The Morgan fingerprint density at radius 1 is 0.833 bits per heavy atom. The van der Waals surface area contributed by atoms with Crippen LogP contribution >= 0.6 is 11.5 Å². The van der Waals surface area contributed by atoms with Crippen LogP contribution in [0, 0.1) is 6.92 Å². The SMILES string of the molecule is Cc1cccc(-c2cc(-c3ccccc3)sn2)c1. The molecule has 3 rings (SSSR count). The van der Waals surface area contributed by atoms with Gasteiger partial charge in [0.1, 0.15) is 0 Å². The van der Waals surface area contributed by atoms with E-state index >= 15 is 0 Å². The molecule has 1 aromatic heterocycles. The van der Waals surface area contributed by atoms with E-state index in [1.165, 1.54) is 21.6 Å². The molecular weight excluding hydrogens is 238 g/mol. The maximum Gasteiger partial charge on any atom is 0.0847 e. The van der Waals surface area contributed by atoms with E-state index in [2.05, 4.69) is 65.9 Å². The summed E-state index contributed by atoms with van der Waals surface area (Å²) in [5.41, 5.74) is 4.74. The second-order valence-corrected chi connectivity index (χ2v) is 5.12. The van der Waals surface area contributed by atoms with Crippen molar-refractivity contribution in [1.82, 2.24) is 4.37 Å². The molecule has 0 radical (unpaired) electrons. The minimum Gasteiger partial charge on any atom is -0.192 e. The van der Waals surface area contributed by atoms with E-state index in [-0.39, 0.29) is 0 Å². The van der Waals surface area contributed by atoms with Crippen LogP contribution in [0.2, 0.25) is 0 Å². The normalized spacial score (nSPS) is 10.5. The van der Waals surface area contributed by atoms with Gasteiger partial charge < -0.3 is 0 Å². The van der Waals surface area contributed by atoms with Gasteiger partial charge in [0, 0.05) is 5.56 Å². The van der Waals surface area contributed by atoms with Crippen LogP contribution in [0.1, 0.15) is 5.56 Å². The van der Waals surface area contributed by atoms with Gasteiger partial charge in [0.2, 0.25) is 0 Å². The summed E-state index contributed by atoms with van der Waals surface area (Å²) < 4.78 is 4.55. The molecular formula is C16H13NS. The average Bonchev–Trinajstić information content (AvgIpc) is 2.89. The quantitative estimate of drug-likeness (QED) is 0.638. The highest BCUT2D eigenvalue weighted by molar-refractivity contribution is 7.09. The maximum atomic E-state index is 4.55. The van der Waals surface area contributed by atoms with Crippen LogP contribution in [0.25, 0.3) is 21.7 Å². The Morgan fingerprint density at radius 3 is 2.39 bits per heavy atom. The molecule has 2 aromatic carbocycles. The Kier molecular flexibility index (Phi) is 2.95. The van der Waals surface area contributed by atoms with Gasteiger partial charge in [-0.25, -0.2) is 0 Å². The Morgan fingerprint density at radius 2 is 1.61 bits per heavy atom. The molecule has 0 atom stereocenters. The highest BCUT2D eigenvalue weighted by Crippen LogP contribution is 2.29. The van der Waals surface area contributed by atoms with Crippen LogP contribution in [0.4, 0.5) is 0 Å². The summed E-state index contributed by atoms with van der Waals surface area (Å²) >= 11 is 1.55. The lowest BCUT2D eigenvalue weighted by Gasteiger charge is -1.97. The molecule has 0 spiro atoms. The number of aryl methyl sites for hydroxylation is 1. The van der Waals surface area contributed by atoms with E-state index in [9.17, 15) is 0 Å². The smallest absolute Gasteiger partial charge is 0.0847 e. The summed E-state index contributed by atoms with van der Waals surface area (Å²) in [6, 6.07) is 21.0. The number of aromatic nitrogens is 1. The molecule has 0 saturated carbocycles. The zero-order chi connectivity index (χ0) is 12.4. The molecule has 2 heteroatoms. The summed E-state index contributed by atoms with van der Waals surface area (Å²) in [5, 5.41) is 0. The molecule has 1 heterocycles. The predicted molar refractivity (Wildman–Crippen MR) is 77.7 cm³/mol. The highest BCUT2D eigenvalue weighted by Gasteiger charge is 2.06. The number of benzene rings is 2. The van der Waals surface area contributed by atoms with Gasteiger partial charge in [0.25, 0.3) is 0 Å². The molecule has 88 valence electrons. The van der Waals surface area contributed by atoms with Gasteiger partial charge in [0.05, 0.1) is 10.6 Å². The third kappa shape index (κ3) is 2.20. The molecule has 0 aliphatic rings. The van der Waals surface area contributed by atoms with Crippen molar-refractivity contribution < 1.29 is 0 Å². The fraction of sp³-hybridized carbons (Fsp3) is 0.0625. The molecule has 0 bridgehead atoms. The largest absolute Gasteiger partial charge is 0.192 e. The number of hydrogen-bond donors (Lipinski definition) is 0. The second-order valence-electron chi connectivity index (χ2n) is 4.31. The van der Waals surface area contributed by atoms with Crippen molar-refractivity contribution in [1.29, 1.82) is 0 Å². The molecule has 0 saturated heterocycles. The third-order valence-electron chi connectivity index (χ3n) is 2.88. The van der Waals surface area contributed by atoms with Crippen LogP contribution in [-0.2, 0) is 0 Å². The predicted octanol–water partition coefficient (Wildman–Crippen LogP) is 4.79. The van der Waals surface area contributed by atoms with Gasteiger partial charge in [-0.2, -0.15) is 4.37 Å². The standard InChI is InChI=1S/C16H13NS/c1-12-6-5-9-14(10-12)15-11-16(18-17-15)13-7-3-2-4-8-13/h2-11H,1H3. The van der Waals surface area contributed by atoms with E-state index < -0.39 is 0 Å². The summed E-state index contributed by atoms with van der Waals surface area (Å²) in [7, 11) is 0. The van der Waals surface area contributed by atoms with Crippen LogP contribution in [0.5, 0.6) is 0 Å². The lowest BCUT2D eigenvalue weighted by molar-refractivity contribution is 1.44. The second kappa shape index (κ2) is 4.75. The monoisotopic (exact) mass is 251 g/mol. The van der Waals surface area contributed by atoms with Gasteiger partial charge in [-0.05, 0) is 36.2 Å². The molecule has 1 nitrogen and oxygen atoms in total. The number of nitrogens with zero attached hydrogens (tertiary/aromatic N) is 1. The van der Waals surface area contributed by atoms with Crippen molar-refractivity contribution in [2.45, 2.75) is 6.92 Å². The van der Waals surface area contributed by atoms with Crippen molar-refractivity contribution in [2.24, 2.45) is 0 Å². The maximum absolute atomic E-state index is 4.55. The third-order valence-corrected chi connectivity index (χ3v) is 3.72. The van der Waals surface area contributed by atoms with E-state index in [0.717, 1.165) is 5.69 Å². The lowest BCUT2D eigenvalue weighted by Crippen LogP contribution is -1.77. The van der Waals surface area contributed by atoms with E-state index in [0.29, 0.717) is 0 Å². The van der Waals surface area contributed by atoms with Gasteiger partial charge in [-0.3, -0.25) is 0 Å². The molecule has 18 heavy (non-hydrogen) atoms. The first-order chi connectivity index (χ1) is 8.83. The van der Waals surface area contributed by atoms with Gasteiger partial charge >= 0.3 is 0 Å². The zero-order valence-corrected chi connectivity index (χ0v) is 10.9. The summed E-state index contributed by atoms with van der Waals surface area (Å²) in [6.07, 6.45) is 0. The van der Waals surface area contributed by atoms with Crippen molar-refractivity contribution >= 4 is 11.5 Å². The van der Waals surface area contributed by atoms with Crippen molar-refractivity contribution in [3.05, 3.63) is 66.2 Å². The fourth-order valence-electron chi connectivity index (χ4n) is 1.95. The van der Waals surface area contributed by atoms with E-state index in [1.54, 1.807) is 11.5 Å². The molecule has 0 amide bonds. The van der Waals surface area contributed by atoms with Crippen molar-refractivity contribution in [3.8, 4) is 21.7 Å².